The van der Waals surface area contributed by atoms with Crippen LogP contribution >= 0.6 is 12.5 Å². The van der Waals surface area contributed by atoms with E-state index in [9.17, 15) is 0 Å². The Kier molecular flexibility index (Phi) is 3.62. The maximum Gasteiger partial charge on any atom is 0.187 e. The summed E-state index contributed by atoms with van der Waals surface area (Å²) in [6, 6.07) is 0. The molecule has 0 aromatic heterocycles. The van der Waals surface area contributed by atoms with E-state index in [1.54, 1.807) is 0 Å². The van der Waals surface area contributed by atoms with Crippen LogP contribution in [0.15, 0.2) is 0 Å². The predicted molar refractivity (Wildman–Crippen MR) is 43.6 cm³/mol. The first-order valence-electron chi connectivity index (χ1n) is 3.02. The average Bonchev–Trinajstić information content (AvgIpc) is 1.59. The van der Waals surface area contributed by atoms with Gasteiger partial charge in [0.15, 0.2) is 6.56 Å². The molecule has 0 amide bonds. The van der Waals surface area contributed by atoms with Crippen molar-refractivity contribution < 1.29 is 0 Å². The first-order chi connectivity index (χ1) is 3.56. The monoisotopic (exact) mass is 129 g/mol. The molecule has 0 atom stereocenters. The number of hydrogen-bond acceptors (Lipinski definition) is 1. The second kappa shape index (κ2) is 3.44. The molecule has 0 unspecified atom stereocenters. The minimum absolute atomic E-state index is 0.471. The summed E-state index contributed by atoms with van der Waals surface area (Å²) in [4.78, 5) is 0. The summed E-state index contributed by atoms with van der Waals surface area (Å²) in [5.41, 5.74) is 0.471. The fourth-order valence-corrected chi connectivity index (χ4v) is 0.627. The van der Waals surface area contributed by atoms with Gasteiger partial charge in [-0.1, -0.05) is 33.5 Å². The highest BCUT2D eigenvalue weighted by atomic mass is 32.1. The van der Waals surface area contributed by atoms with Crippen LogP contribution in [0.2, 0.25) is 6.32 Å². The van der Waals surface area contributed by atoms with Gasteiger partial charge >= 0.3 is 0 Å². The van der Waals surface area contributed by atoms with Crippen molar-refractivity contribution in [2.45, 2.75) is 33.5 Å². The van der Waals surface area contributed by atoms with Crippen molar-refractivity contribution in [1.82, 2.24) is 0 Å². The van der Waals surface area contributed by atoms with Crippen molar-refractivity contribution >= 4 is 19.0 Å². The van der Waals surface area contributed by atoms with E-state index < -0.39 is 0 Å². The van der Waals surface area contributed by atoms with Crippen molar-refractivity contribution in [1.29, 1.82) is 0 Å². The Morgan fingerprint density at radius 3 is 2.00 bits per heavy atom. The van der Waals surface area contributed by atoms with E-state index in [0.717, 1.165) is 6.32 Å². The van der Waals surface area contributed by atoms with E-state index in [4.69, 9.17) is 0 Å². The van der Waals surface area contributed by atoms with Gasteiger partial charge in [0, 0.05) is 0 Å². The second-order valence-electron chi connectivity index (χ2n) is 3.28. The van der Waals surface area contributed by atoms with Crippen LogP contribution in [0.1, 0.15) is 27.2 Å². The highest BCUT2D eigenvalue weighted by molar-refractivity contribution is 8.06. The van der Waals surface area contributed by atoms with E-state index in [1.165, 1.54) is 6.42 Å². The van der Waals surface area contributed by atoms with Gasteiger partial charge in [-0.05, 0) is 5.41 Å². The molecule has 0 aliphatic heterocycles. The van der Waals surface area contributed by atoms with E-state index in [-0.39, 0.29) is 0 Å². The summed E-state index contributed by atoms with van der Waals surface area (Å²) in [7, 11) is 0. The number of thiol groups is 1. The molecule has 0 spiro atoms. The van der Waals surface area contributed by atoms with Crippen LogP contribution in [0.25, 0.3) is 0 Å². The molecule has 0 nitrogen and oxygen atoms in total. The Hall–Kier alpha value is 0.415. The lowest BCUT2D eigenvalue weighted by molar-refractivity contribution is 0.398. The molecule has 2 heteroatoms. The summed E-state index contributed by atoms with van der Waals surface area (Å²) in [6.07, 6.45) is 2.35. The SMILES string of the molecule is CC(C)(C)CC[B]S. The zero-order chi connectivity index (χ0) is 6.62. The molecule has 1 radical (unpaired) electrons. The smallest absolute Gasteiger partial charge is 0.187 e. The molecule has 0 aromatic carbocycles. The summed E-state index contributed by atoms with van der Waals surface area (Å²) in [5.74, 6) is 0. The Morgan fingerprint density at radius 1 is 1.38 bits per heavy atom. The zero-order valence-electron chi connectivity index (χ0n) is 5.94. The van der Waals surface area contributed by atoms with Gasteiger partial charge in [-0.25, -0.2) is 12.5 Å². The first kappa shape index (κ1) is 8.41. The van der Waals surface area contributed by atoms with Crippen LogP contribution in [0.5, 0.6) is 0 Å². The summed E-state index contributed by atoms with van der Waals surface area (Å²) >= 11 is 4.01. The van der Waals surface area contributed by atoms with E-state index in [0.29, 0.717) is 5.41 Å². The van der Waals surface area contributed by atoms with E-state index in [2.05, 4.69) is 33.3 Å². The van der Waals surface area contributed by atoms with Crippen LogP contribution in [0, 0.1) is 5.41 Å². The topological polar surface area (TPSA) is 0 Å². The maximum absolute atomic E-state index is 4.01. The minimum atomic E-state index is 0.471. The lowest BCUT2D eigenvalue weighted by Gasteiger charge is -2.16. The van der Waals surface area contributed by atoms with E-state index >= 15 is 0 Å². The lowest BCUT2D eigenvalue weighted by Crippen LogP contribution is -2.04. The third-order valence-electron chi connectivity index (χ3n) is 1.02. The van der Waals surface area contributed by atoms with Gasteiger partial charge in [-0.2, -0.15) is 0 Å². The molecule has 0 saturated carbocycles. The van der Waals surface area contributed by atoms with Gasteiger partial charge < -0.3 is 0 Å². The molecule has 0 aliphatic carbocycles. The molecule has 0 saturated heterocycles. The zero-order valence-corrected chi connectivity index (χ0v) is 6.83. The average molecular weight is 129 g/mol. The first-order valence-corrected chi connectivity index (χ1v) is 3.54. The van der Waals surface area contributed by atoms with Crippen molar-refractivity contribution in [3.63, 3.8) is 0 Å². The molecule has 0 aromatic rings. The molecule has 0 aliphatic rings. The summed E-state index contributed by atoms with van der Waals surface area (Å²) < 4.78 is 0. The van der Waals surface area contributed by atoms with Gasteiger partial charge in [0.05, 0.1) is 0 Å². The lowest BCUT2D eigenvalue weighted by atomic mass is 9.84. The third kappa shape index (κ3) is 6.41. The van der Waals surface area contributed by atoms with Crippen molar-refractivity contribution in [2.24, 2.45) is 5.41 Å². The Labute approximate surface area is 58.6 Å². The number of hydrogen-bond donors (Lipinski definition) is 1. The quantitative estimate of drug-likeness (QED) is 0.429. The van der Waals surface area contributed by atoms with Gasteiger partial charge in [-0.3, -0.25) is 0 Å². The molecule has 0 heterocycles. The summed E-state index contributed by atoms with van der Waals surface area (Å²) in [6.45, 7) is 8.64. The van der Waals surface area contributed by atoms with Crippen LogP contribution in [-0.2, 0) is 0 Å². The molecule has 47 valence electrons. The normalized spacial score (nSPS) is 11.5. The standard InChI is InChI=1S/C6H14BS/c1-6(2,3)4-5-7-8/h8H,4-5H2,1-3H3. The van der Waals surface area contributed by atoms with Crippen molar-refractivity contribution in [3.8, 4) is 0 Å². The molecule has 0 fully saturated rings. The molecule has 0 bridgehead atoms. The van der Waals surface area contributed by atoms with Crippen LogP contribution in [0.4, 0.5) is 0 Å². The Balaban J connectivity index is 3.11. The van der Waals surface area contributed by atoms with Gasteiger partial charge in [0.25, 0.3) is 0 Å². The largest absolute Gasteiger partial charge is 0.235 e. The van der Waals surface area contributed by atoms with Crippen LogP contribution in [-0.4, -0.2) is 6.56 Å². The van der Waals surface area contributed by atoms with Gasteiger partial charge in [-0.15, -0.1) is 0 Å². The second-order valence-corrected chi connectivity index (χ2v) is 3.65. The van der Waals surface area contributed by atoms with Gasteiger partial charge in [0.1, 0.15) is 0 Å². The highest BCUT2D eigenvalue weighted by Crippen LogP contribution is 2.20. The molecular weight excluding hydrogens is 115 g/mol. The molecule has 0 N–H and O–H groups in total. The fourth-order valence-electron chi connectivity index (χ4n) is 0.498. The van der Waals surface area contributed by atoms with E-state index in [1.807, 2.05) is 6.56 Å². The van der Waals surface area contributed by atoms with Crippen molar-refractivity contribution in [3.05, 3.63) is 0 Å². The minimum Gasteiger partial charge on any atom is -0.235 e. The maximum atomic E-state index is 4.01. The highest BCUT2D eigenvalue weighted by Gasteiger charge is 2.07. The molecular formula is C6H14BS. The molecule has 8 heavy (non-hydrogen) atoms. The fraction of sp³-hybridized carbons (Fsp3) is 1.00. The Morgan fingerprint density at radius 2 is 1.88 bits per heavy atom. The van der Waals surface area contributed by atoms with Crippen molar-refractivity contribution in [2.75, 3.05) is 0 Å². The predicted octanol–water partition coefficient (Wildman–Crippen LogP) is 2.39. The molecule has 0 rings (SSSR count). The van der Waals surface area contributed by atoms with Gasteiger partial charge in [0.2, 0.25) is 0 Å². The van der Waals surface area contributed by atoms with Crippen LogP contribution in [0.3, 0.4) is 0 Å². The number of rotatable bonds is 2. The van der Waals surface area contributed by atoms with Crippen LogP contribution < -0.4 is 0 Å². The Bertz CT molecular complexity index is 56.0. The summed E-state index contributed by atoms with van der Waals surface area (Å²) in [5, 5.41) is 0. The third-order valence-corrected chi connectivity index (χ3v) is 1.28.